The Labute approximate surface area is 103 Å². The average molecular weight is 245 g/mol. The predicted molar refractivity (Wildman–Crippen MR) is 67.2 cm³/mol. The van der Waals surface area contributed by atoms with Crippen molar-refractivity contribution in [2.75, 3.05) is 7.11 Å². The third-order valence-corrected chi connectivity index (χ3v) is 2.33. The van der Waals surface area contributed by atoms with Gasteiger partial charge in [-0.1, -0.05) is 23.2 Å². The van der Waals surface area contributed by atoms with Crippen LogP contribution in [0.4, 0.5) is 5.95 Å². The van der Waals surface area contributed by atoms with Crippen LogP contribution in [-0.2, 0) is 0 Å². The highest BCUT2D eigenvalue weighted by molar-refractivity contribution is 5.68. The summed E-state index contributed by atoms with van der Waals surface area (Å²) in [5.74, 6) is 0.522. The first-order chi connectivity index (χ1) is 8.69. The molecule has 0 aliphatic carbocycles. The standard InChI is InChI=1S/C12H11N3O3/c1-18-11-6-3-9(4-7-11)2-5-10-8-13-12(14-10)15(16)17/h2-8H,1H3,(H,13,14)/b5-2+. The number of methoxy groups -OCH3 is 1. The number of aromatic amines is 1. The van der Waals surface area contributed by atoms with E-state index in [1.165, 1.54) is 6.20 Å². The van der Waals surface area contributed by atoms with Gasteiger partial charge in [-0.15, -0.1) is 0 Å². The Morgan fingerprint density at radius 3 is 2.61 bits per heavy atom. The fraction of sp³-hybridized carbons (Fsp3) is 0.0833. The zero-order valence-corrected chi connectivity index (χ0v) is 9.66. The van der Waals surface area contributed by atoms with Gasteiger partial charge in [0, 0.05) is 0 Å². The summed E-state index contributed by atoms with van der Waals surface area (Å²) in [4.78, 5) is 16.1. The molecule has 2 aromatic rings. The van der Waals surface area contributed by atoms with Gasteiger partial charge in [0.1, 0.15) is 17.6 Å². The summed E-state index contributed by atoms with van der Waals surface area (Å²) < 4.78 is 5.05. The molecule has 1 aromatic heterocycles. The highest BCUT2D eigenvalue weighted by atomic mass is 16.6. The lowest BCUT2D eigenvalue weighted by atomic mass is 10.2. The average Bonchev–Trinajstić information content (AvgIpc) is 2.86. The van der Waals surface area contributed by atoms with Crippen molar-refractivity contribution < 1.29 is 9.66 Å². The molecule has 0 aliphatic rings. The van der Waals surface area contributed by atoms with E-state index in [1.54, 1.807) is 13.2 Å². The maximum absolute atomic E-state index is 10.4. The van der Waals surface area contributed by atoms with Gasteiger partial charge in [-0.05, 0) is 28.7 Å². The second-order valence-corrected chi connectivity index (χ2v) is 3.53. The van der Waals surface area contributed by atoms with Crippen molar-refractivity contribution in [2.45, 2.75) is 0 Å². The van der Waals surface area contributed by atoms with Crippen LogP contribution in [0.3, 0.4) is 0 Å². The van der Waals surface area contributed by atoms with Crippen molar-refractivity contribution in [2.24, 2.45) is 0 Å². The molecule has 6 nitrogen and oxygen atoms in total. The molecule has 0 unspecified atom stereocenters. The van der Waals surface area contributed by atoms with Gasteiger partial charge in [0.2, 0.25) is 0 Å². The minimum absolute atomic E-state index is 0.260. The Morgan fingerprint density at radius 1 is 1.33 bits per heavy atom. The third-order valence-electron chi connectivity index (χ3n) is 2.33. The number of H-pyrrole nitrogens is 1. The highest BCUT2D eigenvalue weighted by Crippen LogP contribution is 2.14. The van der Waals surface area contributed by atoms with Gasteiger partial charge in [-0.25, -0.2) is 4.98 Å². The van der Waals surface area contributed by atoms with Crippen molar-refractivity contribution in [3.05, 3.63) is 51.8 Å². The molecule has 6 heteroatoms. The van der Waals surface area contributed by atoms with E-state index >= 15 is 0 Å². The fourth-order valence-electron chi connectivity index (χ4n) is 1.40. The number of imidazole rings is 1. The molecule has 0 amide bonds. The molecule has 0 bridgehead atoms. The van der Waals surface area contributed by atoms with E-state index in [-0.39, 0.29) is 5.95 Å². The van der Waals surface area contributed by atoms with E-state index in [0.717, 1.165) is 11.3 Å². The molecule has 1 heterocycles. The van der Waals surface area contributed by atoms with Crippen LogP contribution in [-0.4, -0.2) is 22.0 Å². The van der Waals surface area contributed by atoms with Crippen LogP contribution < -0.4 is 4.74 Å². The van der Waals surface area contributed by atoms with Crippen LogP contribution in [0.15, 0.2) is 30.5 Å². The largest absolute Gasteiger partial charge is 0.497 e. The molecule has 0 atom stereocenters. The van der Waals surface area contributed by atoms with Crippen molar-refractivity contribution >= 4 is 18.1 Å². The van der Waals surface area contributed by atoms with Crippen LogP contribution in [0.1, 0.15) is 11.3 Å². The Morgan fingerprint density at radius 2 is 2.06 bits per heavy atom. The Balaban J connectivity index is 2.11. The molecule has 0 spiro atoms. The summed E-state index contributed by atoms with van der Waals surface area (Å²) in [6.45, 7) is 0. The number of nitro groups is 1. The van der Waals surface area contributed by atoms with Crippen molar-refractivity contribution in [1.29, 1.82) is 0 Å². The summed E-state index contributed by atoms with van der Waals surface area (Å²) in [7, 11) is 1.61. The lowest BCUT2D eigenvalue weighted by Crippen LogP contribution is -1.88. The van der Waals surface area contributed by atoms with E-state index in [9.17, 15) is 10.1 Å². The molecule has 0 radical (unpaired) electrons. The molecule has 92 valence electrons. The number of aromatic nitrogens is 2. The molecular formula is C12H11N3O3. The molecule has 0 saturated carbocycles. The van der Waals surface area contributed by atoms with E-state index in [4.69, 9.17) is 4.74 Å². The minimum Gasteiger partial charge on any atom is -0.497 e. The van der Waals surface area contributed by atoms with Crippen LogP contribution in [0.5, 0.6) is 5.75 Å². The second-order valence-electron chi connectivity index (χ2n) is 3.53. The number of ether oxygens (including phenoxy) is 1. The molecule has 0 saturated heterocycles. The number of benzene rings is 1. The molecular weight excluding hydrogens is 234 g/mol. The van der Waals surface area contributed by atoms with Gasteiger partial charge < -0.3 is 14.9 Å². The predicted octanol–water partition coefficient (Wildman–Crippen LogP) is 2.50. The first kappa shape index (κ1) is 11.8. The molecule has 1 N–H and O–H groups in total. The fourth-order valence-corrected chi connectivity index (χ4v) is 1.40. The summed E-state index contributed by atoms with van der Waals surface area (Å²) in [6, 6.07) is 7.46. The van der Waals surface area contributed by atoms with E-state index in [1.807, 2.05) is 30.3 Å². The van der Waals surface area contributed by atoms with Gasteiger partial charge in [-0.2, -0.15) is 0 Å². The van der Waals surface area contributed by atoms with E-state index < -0.39 is 4.92 Å². The SMILES string of the molecule is COc1ccc(/C=C/c2cnc([N+](=O)[O-])[nH]2)cc1. The van der Waals surface area contributed by atoms with Crippen molar-refractivity contribution in [3.8, 4) is 5.75 Å². The third kappa shape index (κ3) is 2.73. The number of hydrogen-bond donors (Lipinski definition) is 1. The maximum Gasteiger partial charge on any atom is 0.432 e. The lowest BCUT2D eigenvalue weighted by molar-refractivity contribution is -0.393. The summed E-state index contributed by atoms with van der Waals surface area (Å²) in [5, 5.41) is 10.4. The smallest absolute Gasteiger partial charge is 0.432 e. The van der Waals surface area contributed by atoms with E-state index in [0.29, 0.717) is 5.69 Å². The zero-order valence-electron chi connectivity index (χ0n) is 9.66. The van der Waals surface area contributed by atoms with Crippen molar-refractivity contribution in [3.63, 3.8) is 0 Å². The van der Waals surface area contributed by atoms with Gasteiger partial charge >= 0.3 is 5.95 Å². The van der Waals surface area contributed by atoms with Crippen molar-refractivity contribution in [1.82, 2.24) is 9.97 Å². The highest BCUT2D eigenvalue weighted by Gasteiger charge is 2.08. The molecule has 0 fully saturated rings. The number of hydrogen-bond acceptors (Lipinski definition) is 4. The first-order valence-corrected chi connectivity index (χ1v) is 5.20. The minimum atomic E-state index is -0.565. The van der Waals surface area contributed by atoms with Crippen LogP contribution in [0.2, 0.25) is 0 Å². The van der Waals surface area contributed by atoms with Gasteiger partial charge in [-0.3, -0.25) is 0 Å². The maximum atomic E-state index is 10.4. The number of nitrogens with zero attached hydrogens (tertiary/aromatic N) is 2. The Kier molecular flexibility index (Phi) is 3.38. The monoisotopic (exact) mass is 245 g/mol. The number of rotatable bonds is 4. The lowest BCUT2D eigenvalue weighted by Gasteiger charge is -1.98. The Bertz CT molecular complexity index is 573. The topological polar surface area (TPSA) is 81.1 Å². The molecule has 1 aromatic carbocycles. The molecule has 18 heavy (non-hydrogen) atoms. The summed E-state index contributed by atoms with van der Waals surface area (Å²) in [5.41, 5.74) is 1.55. The molecule has 0 aliphatic heterocycles. The van der Waals surface area contributed by atoms with Crippen LogP contribution in [0.25, 0.3) is 12.2 Å². The van der Waals surface area contributed by atoms with Gasteiger partial charge in [0.05, 0.1) is 7.11 Å². The van der Waals surface area contributed by atoms with Gasteiger partial charge in [0.15, 0.2) is 0 Å². The number of nitrogens with one attached hydrogen (secondary N) is 1. The quantitative estimate of drug-likeness (QED) is 0.662. The van der Waals surface area contributed by atoms with E-state index in [2.05, 4.69) is 9.97 Å². The summed E-state index contributed by atoms with van der Waals surface area (Å²) >= 11 is 0. The normalized spacial score (nSPS) is 10.7. The van der Waals surface area contributed by atoms with Gasteiger partial charge in [0.25, 0.3) is 0 Å². The summed E-state index contributed by atoms with van der Waals surface area (Å²) in [6.07, 6.45) is 4.97. The first-order valence-electron chi connectivity index (χ1n) is 5.20. The Hall–Kier alpha value is -2.63. The molecule has 2 rings (SSSR count). The zero-order chi connectivity index (χ0) is 13.0. The van der Waals surface area contributed by atoms with Crippen LogP contribution in [0, 0.1) is 10.1 Å². The van der Waals surface area contributed by atoms with Crippen LogP contribution >= 0.6 is 0 Å². The second kappa shape index (κ2) is 5.13.